The van der Waals surface area contributed by atoms with Crippen molar-refractivity contribution in [1.29, 1.82) is 0 Å². The summed E-state index contributed by atoms with van der Waals surface area (Å²) in [5, 5.41) is 0. The molecule has 0 amide bonds. The molecule has 0 spiro atoms. The number of hydrogen-bond donors (Lipinski definition) is 0. The van der Waals surface area contributed by atoms with Gasteiger partial charge in [0, 0.05) is 71.8 Å². The standard InChI is InChI=1S/C11H14NO2.2H2O.2Y/c12-8-4-7-11(13)14-9-10-5-2-1-3-6-10;;;;/h1-3,5-6,12H,4,7-9H2;2*1H2;;/q-1;;;;. The van der Waals surface area contributed by atoms with Gasteiger partial charge in [-0.25, -0.2) is 0 Å². The van der Waals surface area contributed by atoms with Gasteiger partial charge in [0.05, 0.1) is 0 Å². The van der Waals surface area contributed by atoms with Crippen LogP contribution in [0.5, 0.6) is 0 Å². The summed E-state index contributed by atoms with van der Waals surface area (Å²) in [4.78, 5) is 11.1. The second kappa shape index (κ2) is 17.8. The minimum Gasteiger partial charge on any atom is -0.677 e. The molecule has 0 aliphatic heterocycles. The van der Waals surface area contributed by atoms with Crippen molar-refractivity contribution < 1.29 is 85.9 Å². The van der Waals surface area contributed by atoms with Crippen LogP contribution in [0.15, 0.2) is 30.3 Å². The third kappa shape index (κ3) is 13.2. The second-order valence-electron chi connectivity index (χ2n) is 3.00. The average Bonchev–Trinajstić information content (AvgIpc) is 2.25. The van der Waals surface area contributed by atoms with Crippen molar-refractivity contribution in [2.45, 2.75) is 19.4 Å². The van der Waals surface area contributed by atoms with Crippen LogP contribution in [0.1, 0.15) is 18.4 Å². The third-order valence-electron chi connectivity index (χ3n) is 1.80. The molecule has 0 saturated carbocycles. The van der Waals surface area contributed by atoms with Crippen LogP contribution < -0.4 is 0 Å². The maximum Gasteiger partial charge on any atom is 0.306 e. The number of esters is 1. The zero-order valence-corrected chi connectivity index (χ0v) is 15.9. The van der Waals surface area contributed by atoms with Crippen LogP contribution in [0.25, 0.3) is 5.73 Å². The summed E-state index contributed by atoms with van der Waals surface area (Å²) in [6, 6.07) is 9.57. The summed E-state index contributed by atoms with van der Waals surface area (Å²) >= 11 is 0. The van der Waals surface area contributed by atoms with E-state index in [2.05, 4.69) is 0 Å². The molecule has 5 nitrogen and oxygen atoms in total. The zero-order chi connectivity index (χ0) is 10.2. The molecule has 0 aliphatic rings. The van der Waals surface area contributed by atoms with E-state index in [1.54, 1.807) is 0 Å². The molecular weight excluding hydrogens is 388 g/mol. The predicted molar refractivity (Wildman–Crippen MR) is 61.9 cm³/mol. The van der Waals surface area contributed by atoms with Gasteiger partial charge >= 0.3 is 5.97 Å². The number of nitrogens with one attached hydrogen (secondary N) is 1. The third-order valence-corrected chi connectivity index (χ3v) is 1.80. The van der Waals surface area contributed by atoms with Gasteiger partial charge in [0.15, 0.2) is 0 Å². The molecule has 7 heteroatoms. The Bertz CT molecular complexity index is 286. The Hall–Kier alpha value is 0.778. The second-order valence-corrected chi connectivity index (χ2v) is 3.00. The topological polar surface area (TPSA) is 113 Å². The first-order valence-electron chi connectivity index (χ1n) is 4.67. The van der Waals surface area contributed by atoms with Crippen LogP contribution in [0.2, 0.25) is 0 Å². The minimum absolute atomic E-state index is 0. The fraction of sp³-hybridized carbons (Fsp3) is 0.364. The Labute approximate surface area is 158 Å². The fourth-order valence-electron chi connectivity index (χ4n) is 1.04. The van der Waals surface area contributed by atoms with Crippen LogP contribution in [-0.2, 0) is 81.6 Å². The molecule has 18 heavy (non-hydrogen) atoms. The first-order valence-corrected chi connectivity index (χ1v) is 4.67. The van der Waals surface area contributed by atoms with Gasteiger partial charge in [0.1, 0.15) is 6.61 Å². The van der Waals surface area contributed by atoms with Crippen LogP contribution >= 0.6 is 0 Å². The summed E-state index contributed by atoms with van der Waals surface area (Å²) in [6.07, 6.45) is 0.921. The summed E-state index contributed by atoms with van der Waals surface area (Å²) in [5.41, 5.74) is 7.88. The number of carbonyl (C=O) groups is 1. The summed E-state index contributed by atoms with van der Waals surface area (Å²) < 4.78 is 5.01. The molecule has 0 atom stereocenters. The van der Waals surface area contributed by atoms with Crippen molar-refractivity contribution in [1.82, 2.24) is 0 Å². The van der Waals surface area contributed by atoms with Gasteiger partial charge < -0.3 is 21.4 Å². The van der Waals surface area contributed by atoms with E-state index < -0.39 is 0 Å². The quantitative estimate of drug-likeness (QED) is 0.677. The van der Waals surface area contributed by atoms with Crippen LogP contribution in [-0.4, -0.2) is 23.5 Å². The van der Waals surface area contributed by atoms with E-state index in [4.69, 9.17) is 10.5 Å². The van der Waals surface area contributed by atoms with Gasteiger partial charge in [-0.15, -0.1) is 0 Å². The van der Waals surface area contributed by atoms with Crippen molar-refractivity contribution in [2.24, 2.45) is 0 Å². The Balaban J connectivity index is -0.000000245. The van der Waals surface area contributed by atoms with Crippen molar-refractivity contribution in [3.05, 3.63) is 41.6 Å². The summed E-state index contributed by atoms with van der Waals surface area (Å²) in [6.45, 7) is 0.609. The van der Waals surface area contributed by atoms with E-state index in [1.807, 2.05) is 30.3 Å². The Kier molecular flexibility index (Phi) is 26.8. The van der Waals surface area contributed by atoms with E-state index in [0.29, 0.717) is 19.4 Å². The number of ether oxygens (including phenoxy) is 1. The monoisotopic (exact) mass is 406 g/mol. The van der Waals surface area contributed by atoms with Gasteiger partial charge in [0.25, 0.3) is 0 Å². The Morgan fingerprint density at radius 1 is 1.11 bits per heavy atom. The number of hydrogen-bond acceptors (Lipinski definition) is 2. The summed E-state index contributed by atoms with van der Waals surface area (Å²) in [5.74, 6) is -0.221. The predicted octanol–water partition coefficient (Wildman–Crippen LogP) is 0.908. The molecule has 0 aromatic heterocycles. The van der Waals surface area contributed by atoms with Gasteiger partial charge in [0.2, 0.25) is 0 Å². The Morgan fingerprint density at radius 2 is 1.67 bits per heavy atom. The average molecular weight is 406 g/mol. The molecule has 0 unspecified atom stereocenters. The molecule has 0 bridgehead atoms. The van der Waals surface area contributed by atoms with Crippen LogP contribution in [0.3, 0.4) is 0 Å². The maximum atomic E-state index is 11.1. The molecule has 2 radical (unpaired) electrons. The molecule has 1 aromatic rings. The molecule has 0 fully saturated rings. The van der Waals surface area contributed by atoms with E-state index in [1.165, 1.54) is 0 Å². The molecule has 0 aliphatic carbocycles. The van der Waals surface area contributed by atoms with E-state index >= 15 is 0 Å². The van der Waals surface area contributed by atoms with Crippen LogP contribution in [0, 0.1) is 0 Å². The molecule has 0 saturated heterocycles. The van der Waals surface area contributed by atoms with Crippen molar-refractivity contribution in [2.75, 3.05) is 6.54 Å². The van der Waals surface area contributed by atoms with Gasteiger partial charge in [-0.2, -0.15) is 6.54 Å². The number of carbonyl (C=O) groups excluding carboxylic acids is 1. The van der Waals surface area contributed by atoms with E-state index in [-0.39, 0.29) is 88.9 Å². The van der Waals surface area contributed by atoms with Crippen molar-refractivity contribution >= 4 is 5.97 Å². The molecule has 1 aromatic carbocycles. The van der Waals surface area contributed by atoms with E-state index in [0.717, 1.165) is 5.56 Å². The first-order chi connectivity index (χ1) is 6.83. The molecular formula is C11H18NO4Y2-. The normalized spacial score (nSPS) is 7.61. The largest absolute Gasteiger partial charge is 0.677 e. The van der Waals surface area contributed by atoms with Gasteiger partial charge in [-0.3, -0.25) is 4.79 Å². The number of benzene rings is 1. The molecule has 0 heterocycles. The SMILES string of the molecule is O.O.[NH-]CCCC(=O)OCc1ccccc1.[Y].[Y]. The number of rotatable bonds is 5. The molecule has 1 rings (SSSR count). The Morgan fingerprint density at radius 3 is 2.17 bits per heavy atom. The minimum atomic E-state index is -0.221. The molecule has 5 N–H and O–H groups in total. The smallest absolute Gasteiger partial charge is 0.306 e. The maximum absolute atomic E-state index is 11.1. The van der Waals surface area contributed by atoms with Crippen molar-refractivity contribution in [3.8, 4) is 0 Å². The zero-order valence-electron chi connectivity index (χ0n) is 10.2. The summed E-state index contributed by atoms with van der Waals surface area (Å²) in [7, 11) is 0. The first kappa shape index (κ1) is 27.2. The fourth-order valence-corrected chi connectivity index (χ4v) is 1.04. The van der Waals surface area contributed by atoms with Gasteiger partial charge in [-0.05, 0) is 5.56 Å². The van der Waals surface area contributed by atoms with Gasteiger partial charge in [-0.1, -0.05) is 36.8 Å². The van der Waals surface area contributed by atoms with Crippen molar-refractivity contribution in [3.63, 3.8) is 0 Å². The van der Waals surface area contributed by atoms with Crippen LogP contribution in [0.4, 0.5) is 0 Å². The van der Waals surface area contributed by atoms with E-state index in [9.17, 15) is 4.79 Å². The molecule has 98 valence electrons.